The summed E-state index contributed by atoms with van der Waals surface area (Å²) in [6.45, 7) is 4.31. The first kappa shape index (κ1) is 46.2. The Labute approximate surface area is 367 Å². The fourth-order valence-corrected chi connectivity index (χ4v) is 9.39. The van der Waals surface area contributed by atoms with Crippen LogP contribution in [0.4, 0.5) is 29.2 Å². The van der Waals surface area contributed by atoms with Crippen LogP contribution < -0.4 is 15.4 Å². The van der Waals surface area contributed by atoms with Gasteiger partial charge in [0.25, 0.3) is 0 Å². The summed E-state index contributed by atoms with van der Waals surface area (Å²) in [6.07, 6.45) is 1.97. The molecule has 0 spiro atoms. The van der Waals surface area contributed by atoms with Crippen LogP contribution >= 0.6 is 0 Å². The van der Waals surface area contributed by atoms with Gasteiger partial charge in [-0.3, -0.25) is 24.4 Å². The molecule has 7 rings (SSSR count). The summed E-state index contributed by atoms with van der Waals surface area (Å²) in [4.78, 5) is 46.2. The summed E-state index contributed by atoms with van der Waals surface area (Å²) >= 11 is 0. The van der Waals surface area contributed by atoms with E-state index < -0.39 is 44.9 Å². The summed E-state index contributed by atoms with van der Waals surface area (Å²) in [5.41, 5.74) is -1.57. The number of rotatable bonds is 12. The third-order valence-electron chi connectivity index (χ3n) is 11.4. The second-order valence-electron chi connectivity index (χ2n) is 16.9. The van der Waals surface area contributed by atoms with Crippen molar-refractivity contribution >= 4 is 39.4 Å². The van der Waals surface area contributed by atoms with E-state index in [1.54, 1.807) is 0 Å². The van der Waals surface area contributed by atoms with Crippen molar-refractivity contribution in [3.63, 3.8) is 0 Å². The second kappa shape index (κ2) is 19.2. The molecule has 0 bridgehead atoms. The Morgan fingerprint density at radius 2 is 1.72 bits per heavy atom. The van der Waals surface area contributed by atoms with Crippen LogP contribution in [0, 0.1) is 23.6 Å². The number of carbonyl (C=O) groups excluding carboxylic acids is 3. The number of hydrogen-bond donors (Lipinski definition) is 4. The lowest BCUT2D eigenvalue weighted by Gasteiger charge is -2.36. The van der Waals surface area contributed by atoms with Crippen molar-refractivity contribution in [3.8, 4) is 23.1 Å². The fourth-order valence-electron chi connectivity index (χ4n) is 8.08. The number of sulfonamides is 1. The molecule has 1 aliphatic carbocycles. The molecule has 4 aromatic rings. The van der Waals surface area contributed by atoms with Crippen molar-refractivity contribution < 1.29 is 50.2 Å². The van der Waals surface area contributed by atoms with Gasteiger partial charge in [0.1, 0.15) is 18.0 Å². The average Bonchev–Trinajstić information content (AvgIpc) is 3.70. The molecule has 20 heteroatoms. The van der Waals surface area contributed by atoms with Crippen molar-refractivity contribution in [2.24, 2.45) is 5.92 Å². The topological polar surface area (TPSA) is 198 Å². The molecule has 1 saturated carbocycles. The van der Waals surface area contributed by atoms with E-state index in [9.17, 15) is 41.1 Å². The molecular weight excluding hydrogens is 861 g/mol. The number of anilines is 2. The Morgan fingerprint density at radius 3 is 2.38 bits per heavy atom. The van der Waals surface area contributed by atoms with E-state index in [2.05, 4.69) is 42.3 Å². The average molecular weight is 909 g/mol. The number of nitrogens with zero attached hydrogens (tertiary/aromatic N) is 5. The number of benzene rings is 2. The number of piperidine rings is 2. The number of ether oxygens (including phenoxy) is 1. The summed E-state index contributed by atoms with van der Waals surface area (Å²) in [5, 5.41) is 19.0. The van der Waals surface area contributed by atoms with Gasteiger partial charge in [-0.1, -0.05) is 24.0 Å². The van der Waals surface area contributed by atoms with Crippen LogP contribution in [0.25, 0.3) is 11.3 Å². The Morgan fingerprint density at radius 1 is 1.00 bits per heavy atom. The van der Waals surface area contributed by atoms with Crippen molar-refractivity contribution in [3.05, 3.63) is 83.6 Å². The van der Waals surface area contributed by atoms with E-state index in [-0.39, 0.29) is 70.9 Å². The third-order valence-corrected chi connectivity index (χ3v) is 12.9. The number of carbonyl (C=O) groups is 3. The minimum atomic E-state index is -4.83. The number of imide groups is 1. The lowest BCUT2D eigenvalue weighted by Crippen LogP contribution is -2.46. The van der Waals surface area contributed by atoms with Crippen LogP contribution in [-0.2, 0) is 41.9 Å². The molecule has 2 aromatic heterocycles. The number of amides is 3. The Balaban J connectivity index is 0.859. The molecule has 340 valence electrons. The molecule has 3 aliphatic rings. The largest absolute Gasteiger partial charge is 0.419 e. The summed E-state index contributed by atoms with van der Waals surface area (Å²) in [7, 11) is -4.19. The van der Waals surface area contributed by atoms with Gasteiger partial charge in [0.2, 0.25) is 33.7 Å². The highest BCUT2D eigenvalue weighted by molar-refractivity contribution is 7.89. The van der Waals surface area contributed by atoms with E-state index in [0.29, 0.717) is 70.7 Å². The Hall–Kier alpha value is -5.75. The highest BCUT2D eigenvalue weighted by Gasteiger charge is 2.37. The highest BCUT2D eigenvalue weighted by Crippen LogP contribution is 2.37. The quantitative estimate of drug-likeness (QED) is 0.0804. The number of aliphatic hydroxyl groups is 1. The maximum atomic E-state index is 15.4. The monoisotopic (exact) mass is 908 g/mol. The normalized spacial score (nSPS) is 20.0. The number of alkyl halides is 3. The molecule has 0 radical (unpaired) electrons. The van der Waals surface area contributed by atoms with Crippen molar-refractivity contribution in [2.45, 2.75) is 106 Å². The Kier molecular flexibility index (Phi) is 13.8. The molecule has 4 N–H and O–H groups in total. The zero-order valence-corrected chi connectivity index (χ0v) is 35.9. The molecule has 2 aromatic carbocycles. The first-order valence-electron chi connectivity index (χ1n) is 20.9. The van der Waals surface area contributed by atoms with Crippen LogP contribution in [0.1, 0.15) is 87.8 Å². The zero-order chi connectivity index (χ0) is 45.8. The summed E-state index contributed by atoms with van der Waals surface area (Å²) in [5.74, 6) is 3.56. The fraction of sp³-hybridized carbons (Fsp3) is 0.455. The van der Waals surface area contributed by atoms with Gasteiger partial charge in [-0.25, -0.2) is 27.5 Å². The van der Waals surface area contributed by atoms with Crippen molar-refractivity contribution in [1.29, 1.82) is 0 Å². The van der Waals surface area contributed by atoms with Gasteiger partial charge in [-0.2, -0.15) is 18.3 Å². The van der Waals surface area contributed by atoms with Gasteiger partial charge in [0.05, 0.1) is 46.6 Å². The Bertz CT molecular complexity index is 2540. The SMILES string of the molecule is CC(C)(O)Cn1cc(-c2nc(Nc3ccc(S(=O)(=O)NC4CCC(C(=O)N5CCC(OCC#Cc6ccc(C7CCC(=O)NC7=O)cc6)CC5)CC4)cc3F)ncc2C(F)(F)F)cn1. The number of halogens is 4. The molecule has 3 amide bonds. The summed E-state index contributed by atoms with van der Waals surface area (Å²) in [6, 6.07) is 9.94. The van der Waals surface area contributed by atoms with E-state index in [0.717, 1.165) is 35.5 Å². The number of hydrogen-bond acceptors (Lipinski definition) is 11. The molecule has 2 aliphatic heterocycles. The number of nitrogens with one attached hydrogen (secondary N) is 3. The molecule has 64 heavy (non-hydrogen) atoms. The number of likely N-dealkylation sites (tertiary alicyclic amines) is 1. The van der Waals surface area contributed by atoms with Crippen LogP contribution in [0.15, 0.2) is 66.0 Å². The minimum absolute atomic E-state index is 0.00525. The maximum Gasteiger partial charge on any atom is 0.419 e. The van der Waals surface area contributed by atoms with E-state index in [1.807, 2.05) is 29.2 Å². The van der Waals surface area contributed by atoms with Crippen LogP contribution in [0.2, 0.25) is 0 Å². The summed E-state index contributed by atoms with van der Waals surface area (Å²) < 4.78 is 93.6. The van der Waals surface area contributed by atoms with Gasteiger partial charge in [-0.15, -0.1) is 0 Å². The first-order chi connectivity index (χ1) is 30.3. The van der Waals surface area contributed by atoms with Crippen LogP contribution in [0.3, 0.4) is 0 Å². The maximum absolute atomic E-state index is 15.4. The standard InChI is InChI=1S/C44H48F4N8O7S/c1-43(2,60)26-56-25-30(23-50-56)39-35(44(46,47)48)24-49-42(53-39)51-37-15-13-33(22-36(37)45)64(61,62)54-31-11-9-29(10-12-31)41(59)55-19-17-32(18-20-55)63-21-3-4-27-5-7-28(8-6-27)34-14-16-38(57)52-40(34)58/h5-8,13,15,22-25,29,31-32,34,54,60H,9-12,14,16-21,26H2,1-2H3,(H,49,51,53)(H,52,57,58). The molecule has 2 saturated heterocycles. The zero-order valence-electron chi connectivity index (χ0n) is 35.1. The predicted molar refractivity (Wildman–Crippen MR) is 224 cm³/mol. The molecule has 1 unspecified atom stereocenters. The van der Waals surface area contributed by atoms with Crippen LogP contribution in [0.5, 0.6) is 0 Å². The van der Waals surface area contributed by atoms with Gasteiger partial charge >= 0.3 is 6.18 Å². The second-order valence-corrected chi connectivity index (χ2v) is 18.6. The molecule has 1 atom stereocenters. The van der Waals surface area contributed by atoms with Gasteiger partial charge < -0.3 is 20.1 Å². The minimum Gasteiger partial charge on any atom is -0.389 e. The van der Waals surface area contributed by atoms with Gasteiger partial charge in [0, 0.05) is 55.0 Å². The van der Waals surface area contributed by atoms with Gasteiger partial charge in [-0.05, 0) is 94.7 Å². The van der Waals surface area contributed by atoms with Crippen LogP contribution in [-0.4, -0.2) is 93.3 Å². The molecule has 3 fully saturated rings. The van der Waals surface area contributed by atoms with Gasteiger partial charge in [0.15, 0.2) is 0 Å². The van der Waals surface area contributed by atoms with E-state index >= 15 is 4.39 Å². The predicted octanol–water partition coefficient (Wildman–Crippen LogP) is 5.43. The lowest BCUT2D eigenvalue weighted by atomic mass is 9.85. The number of aromatic nitrogens is 4. The highest BCUT2D eigenvalue weighted by atomic mass is 32.2. The molecular formula is C44H48F4N8O7S. The van der Waals surface area contributed by atoms with E-state index in [4.69, 9.17) is 4.74 Å². The smallest absolute Gasteiger partial charge is 0.389 e. The molecule has 15 nitrogen and oxygen atoms in total. The van der Waals surface area contributed by atoms with Crippen molar-refractivity contribution in [2.75, 3.05) is 25.0 Å². The lowest BCUT2D eigenvalue weighted by molar-refractivity contribution is -0.139. The first-order valence-corrected chi connectivity index (χ1v) is 22.4. The van der Waals surface area contributed by atoms with E-state index in [1.165, 1.54) is 24.7 Å². The molecule has 4 heterocycles. The third kappa shape index (κ3) is 11.7. The van der Waals surface area contributed by atoms with Crippen molar-refractivity contribution in [1.82, 2.24) is 34.7 Å².